The van der Waals surface area contributed by atoms with Crippen LogP contribution < -0.4 is 10.1 Å². The Hall–Kier alpha value is -3.22. The molecule has 4 nitrogen and oxygen atoms in total. The van der Waals surface area contributed by atoms with Gasteiger partial charge in [-0.3, -0.25) is 4.79 Å². The summed E-state index contributed by atoms with van der Waals surface area (Å²) in [7, 11) is 0. The average Bonchev–Trinajstić information content (AvgIpc) is 2.51. The molecule has 0 aliphatic carbocycles. The van der Waals surface area contributed by atoms with E-state index in [4.69, 9.17) is 10.00 Å². The van der Waals surface area contributed by atoms with Crippen molar-refractivity contribution in [1.29, 1.82) is 5.26 Å². The van der Waals surface area contributed by atoms with Crippen LogP contribution in [-0.4, -0.2) is 5.91 Å². The fourth-order valence-corrected chi connectivity index (χ4v) is 1.89. The van der Waals surface area contributed by atoms with Gasteiger partial charge in [0.05, 0.1) is 17.3 Å². The van der Waals surface area contributed by atoms with Gasteiger partial charge in [0.15, 0.2) is 23.1 Å². The van der Waals surface area contributed by atoms with E-state index in [1.54, 1.807) is 0 Å². The minimum absolute atomic E-state index is 0.0376. The van der Waals surface area contributed by atoms with E-state index in [1.807, 2.05) is 0 Å². The van der Waals surface area contributed by atoms with Gasteiger partial charge in [-0.25, -0.2) is 13.2 Å². The van der Waals surface area contributed by atoms with E-state index in [0.29, 0.717) is 0 Å². The van der Waals surface area contributed by atoms with Gasteiger partial charge in [-0.1, -0.05) is 0 Å². The zero-order valence-corrected chi connectivity index (χ0v) is 12.6. The van der Waals surface area contributed by atoms with E-state index in [9.17, 15) is 31.1 Å². The predicted octanol–water partition coefficient (Wildman–Crippen LogP) is 4.77. The van der Waals surface area contributed by atoms with Crippen LogP contribution in [0, 0.1) is 28.8 Å². The summed E-state index contributed by atoms with van der Waals surface area (Å²) in [5, 5.41) is 10.5. The molecule has 0 spiro atoms. The molecule has 0 aromatic heterocycles. The van der Waals surface area contributed by atoms with Crippen LogP contribution in [-0.2, 0) is 11.0 Å². The molecular weight excluding hydrogens is 366 g/mol. The molecule has 0 fully saturated rings. The van der Waals surface area contributed by atoms with Gasteiger partial charge in [0.2, 0.25) is 5.91 Å². The monoisotopic (exact) mass is 374 g/mol. The summed E-state index contributed by atoms with van der Waals surface area (Å²) in [6.45, 7) is 0. The number of hydrogen-bond acceptors (Lipinski definition) is 3. The quantitative estimate of drug-likeness (QED) is 0.785. The summed E-state index contributed by atoms with van der Waals surface area (Å²) >= 11 is 0. The maximum Gasteiger partial charge on any atom is 0.416 e. The van der Waals surface area contributed by atoms with E-state index in [2.05, 4.69) is 5.32 Å². The number of hydrogen-bond donors (Lipinski definition) is 1. The van der Waals surface area contributed by atoms with Gasteiger partial charge in [0, 0.05) is 6.07 Å². The Bertz CT molecular complexity index is 866. The van der Waals surface area contributed by atoms with Crippen LogP contribution >= 0.6 is 0 Å². The molecule has 0 saturated heterocycles. The number of nitrogens with zero attached hydrogens (tertiary/aromatic N) is 1. The van der Waals surface area contributed by atoms with Gasteiger partial charge >= 0.3 is 6.18 Å². The standard InChI is InChI=1S/C16H8F6N2O2/c17-9-1-2-13(12(7-9)24-14(25)3-4-23)26-15-10(18)5-8(6-11(15)19)16(20,21)22/h1-2,5-7H,3H2,(H,24,25). The largest absolute Gasteiger partial charge is 0.449 e. The lowest BCUT2D eigenvalue weighted by Crippen LogP contribution is -2.11. The average molecular weight is 374 g/mol. The summed E-state index contributed by atoms with van der Waals surface area (Å²) < 4.78 is 83.5. The molecule has 0 aliphatic rings. The molecule has 136 valence electrons. The van der Waals surface area contributed by atoms with Gasteiger partial charge < -0.3 is 10.1 Å². The van der Waals surface area contributed by atoms with Gasteiger partial charge in [-0.2, -0.15) is 18.4 Å². The van der Waals surface area contributed by atoms with Crippen molar-refractivity contribution in [2.45, 2.75) is 12.6 Å². The molecule has 0 heterocycles. The Morgan fingerprint density at radius 3 is 2.27 bits per heavy atom. The number of amides is 1. The van der Waals surface area contributed by atoms with Crippen molar-refractivity contribution in [3.8, 4) is 17.6 Å². The third-order valence-corrected chi connectivity index (χ3v) is 2.99. The van der Waals surface area contributed by atoms with Crippen LogP contribution in [0.3, 0.4) is 0 Å². The van der Waals surface area contributed by atoms with Crippen molar-refractivity contribution in [2.75, 3.05) is 5.32 Å². The molecule has 2 rings (SSSR count). The number of carbonyl (C=O) groups is 1. The van der Waals surface area contributed by atoms with E-state index in [-0.39, 0.29) is 17.8 Å². The number of alkyl halides is 3. The van der Waals surface area contributed by atoms with Gasteiger partial charge in [-0.05, 0) is 24.3 Å². The topological polar surface area (TPSA) is 62.1 Å². The minimum Gasteiger partial charge on any atom is -0.449 e. The van der Waals surface area contributed by atoms with Crippen LogP contribution in [0.4, 0.5) is 32.0 Å². The lowest BCUT2D eigenvalue weighted by Gasteiger charge is -2.14. The lowest BCUT2D eigenvalue weighted by atomic mass is 10.2. The molecular formula is C16H8F6N2O2. The minimum atomic E-state index is -4.97. The summed E-state index contributed by atoms with van der Waals surface area (Å²) in [5.41, 5.74) is -1.91. The van der Waals surface area contributed by atoms with Crippen LogP contribution in [0.25, 0.3) is 0 Å². The fraction of sp³-hybridized carbons (Fsp3) is 0.125. The molecule has 2 aromatic carbocycles. The first kappa shape index (κ1) is 19.1. The molecule has 0 bridgehead atoms. The van der Waals surface area contributed by atoms with E-state index >= 15 is 0 Å². The van der Waals surface area contributed by atoms with Crippen molar-refractivity contribution in [3.05, 3.63) is 53.3 Å². The molecule has 0 unspecified atom stereocenters. The smallest absolute Gasteiger partial charge is 0.416 e. The summed E-state index contributed by atoms with van der Waals surface area (Å²) in [4.78, 5) is 11.4. The zero-order chi connectivity index (χ0) is 19.5. The highest BCUT2D eigenvalue weighted by Crippen LogP contribution is 2.37. The van der Waals surface area contributed by atoms with Crippen LogP contribution in [0.2, 0.25) is 0 Å². The molecule has 10 heteroatoms. The number of carbonyl (C=O) groups excluding carboxylic acids is 1. The summed E-state index contributed by atoms with van der Waals surface area (Å²) in [5.74, 6) is -6.57. The maximum atomic E-state index is 13.9. The van der Waals surface area contributed by atoms with E-state index in [0.717, 1.165) is 18.2 Å². The first-order valence-corrected chi connectivity index (χ1v) is 6.82. The second-order valence-corrected chi connectivity index (χ2v) is 4.89. The number of benzene rings is 2. The molecule has 1 amide bonds. The molecule has 0 aliphatic heterocycles. The van der Waals surface area contributed by atoms with Crippen LogP contribution in [0.1, 0.15) is 12.0 Å². The van der Waals surface area contributed by atoms with Crippen molar-refractivity contribution in [2.24, 2.45) is 0 Å². The van der Waals surface area contributed by atoms with Crippen molar-refractivity contribution in [3.63, 3.8) is 0 Å². The van der Waals surface area contributed by atoms with Gasteiger partial charge in [-0.15, -0.1) is 0 Å². The van der Waals surface area contributed by atoms with E-state index in [1.165, 1.54) is 6.07 Å². The number of nitrogens with one attached hydrogen (secondary N) is 1. The number of nitriles is 1. The lowest BCUT2D eigenvalue weighted by molar-refractivity contribution is -0.138. The summed E-state index contributed by atoms with van der Waals surface area (Å²) in [6, 6.07) is 4.12. The molecule has 0 atom stereocenters. The number of halogens is 6. The maximum absolute atomic E-state index is 13.9. The highest BCUT2D eigenvalue weighted by atomic mass is 19.4. The molecule has 1 N–H and O–H groups in total. The number of anilines is 1. The Kier molecular flexibility index (Phi) is 5.40. The Morgan fingerprint density at radius 1 is 1.12 bits per heavy atom. The summed E-state index contributed by atoms with van der Waals surface area (Å²) in [6.07, 6.45) is -5.55. The molecule has 0 radical (unpaired) electrons. The third-order valence-electron chi connectivity index (χ3n) is 2.99. The van der Waals surface area contributed by atoms with Gasteiger partial charge in [0.25, 0.3) is 0 Å². The Balaban J connectivity index is 2.40. The zero-order valence-electron chi connectivity index (χ0n) is 12.6. The van der Waals surface area contributed by atoms with Crippen molar-refractivity contribution in [1.82, 2.24) is 0 Å². The van der Waals surface area contributed by atoms with Crippen molar-refractivity contribution >= 4 is 11.6 Å². The SMILES string of the molecule is N#CCC(=O)Nc1cc(F)ccc1Oc1c(F)cc(C(F)(F)F)cc1F. The molecule has 0 saturated carbocycles. The highest BCUT2D eigenvalue weighted by Gasteiger charge is 2.33. The first-order valence-electron chi connectivity index (χ1n) is 6.82. The second kappa shape index (κ2) is 7.35. The molecule has 26 heavy (non-hydrogen) atoms. The fourth-order valence-electron chi connectivity index (χ4n) is 1.89. The Labute approximate surface area is 142 Å². The highest BCUT2D eigenvalue weighted by molar-refractivity contribution is 5.93. The normalized spacial score (nSPS) is 11.0. The van der Waals surface area contributed by atoms with Crippen LogP contribution in [0.5, 0.6) is 11.5 Å². The third kappa shape index (κ3) is 4.44. The predicted molar refractivity (Wildman–Crippen MR) is 76.7 cm³/mol. The Morgan fingerprint density at radius 2 is 1.73 bits per heavy atom. The first-order chi connectivity index (χ1) is 12.1. The second-order valence-electron chi connectivity index (χ2n) is 4.89. The van der Waals surface area contributed by atoms with Crippen LogP contribution in [0.15, 0.2) is 30.3 Å². The van der Waals surface area contributed by atoms with Crippen molar-refractivity contribution < 1.29 is 35.9 Å². The number of rotatable bonds is 4. The molecule has 2 aromatic rings. The number of ether oxygens (including phenoxy) is 1. The van der Waals surface area contributed by atoms with E-state index < -0.39 is 53.0 Å². The van der Waals surface area contributed by atoms with Gasteiger partial charge in [0.1, 0.15) is 12.2 Å².